The van der Waals surface area contributed by atoms with E-state index in [4.69, 9.17) is 11.6 Å². The first-order chi connectivity index (χ1) is 7.08. The van der Waals surface area contributed by atoms with Crippen LogP contribution in [-0.4, -0.2) is 11.0 Å². The monoisotopic (exact) mass is 240 g/mol. The number of thioether (sulfide) groups is 1. The lowest BCUT2D eigenvalue weighted by Crippen LogP contribution is -1.91. The molecule has 0 spiro atoms. The largest absolute Gasteiger partial charge is 0.295 e. The second-order valence-corrected chi connectivity index (χ2v) is 5.13. The molecule has 0 N–H and O–H groups in total. The van der Waals surface area contributed by atoms with E-state index in [9.17, 15) is 4.79 Å². The number of allylic oxidation sites excluding steroid dienone is 1. The van der Waals surface area contributed by atoms with Crippen LogP contribution in [0, 0.1) is 0 Å². The lowest BCUT2D eigenvalue weighted by Gasteiger charge is -2.05. The summed E-state index contributed by atoms with van der Waals surface area (Å²) in [6.07, 6.45) is 3.51. The van der Waals surface area contributed by atoms with Crippen molar-refractivity contribution in [3.05, 3.63) is 41.4 Å². The number of halogens is 1. The summed E-state index contributed by atoms with van der Waals surface area (Å²) in [5.74, 6) is 0.0820. The number of carbonyl (C=O) groups excluding carboxylic acids is 1. The molecule has 1 atom stereocenters. The topological polar surface area (TPSA) is 17.1 Å². The number of ketones is 1. The lowest BCUT2D eigenvalue weighted by molar-refractivity contribution is -0.112. The van der Waals surface area contributed by atoms with Gasteiger partial charge in [0.05, 0.1) is 0 Å². The molecule has 3 heteroatoms. The van der Waals surface area contributed by atoms with Gasteiger partial charge in [0, 0.05) is 15.2 Å². The third-order valence-electron chi connectivity index (χ3n) is 1.74. The summed E-state index contributed by atoms with van der Waals surface area (Å²) in [5.41, 5.74) is 0. The first-order valence-electron chi connectivity index (χ1n) is 4.69. The predicted molar refractivity (Wildman–Crippen MR) is 66.6 cm³/mol. The fourth-order valence-electron chi connectivity index (χ4n) is 1.04. The Bertz CT molecular complexity index is 356. The summed E-state index contributed by atoms with van der Waals surface area (Å²) >= 11 is 7.48. The van der Waals surface area contributed by atoms with Gasteiger partial charge in [-0.3, -0.25) is 4.79 Å². The van der Waals surface area contributed by atoms with Crippen LogP contribution in [0.15, 0.2) is 41.3 Å². The van der Waals surface area contributed by atoms with Crippen molar-refractivity contribution >= 4 is 29.1 Å². The molecule has 1 aromatic rings. The maximum atomic E-state index is 10.7. The number of rotatable bonds is 4. The van der Waals surface area contributed by atoms with E-state index in [0.717, 1.165) is 9.92 Å². The zero-order chi connectivity index (χ0) is 11.3. The Balaban J connectivity index is 2.54. The summed E-state index contributed by atoms with van der Waals surface area (Å²) in [6, 6.07) is 7.69. The molecule has 0 saturated carbocycles. The van der Waals surface area contributed by atoms with Gasteiger partial charge in [0.2, 0.25) is 0 Å². The molecule has 15 heavy (non-hydrogen) atoms. The molecule has 0 aliphatic carbocycles. The Morgan fingerprint density at radius 1 is 1.40 bits per heavy atom. The van der Waals surface area contributed by atoms with Crippen molar-refractivity contribution in [3.8, 4) is 0 Å². The standard InChI is InChI=1S/C12H13ClOS/c1-9(14)3-4-10(2)15-12-7-5-11(13)6-8-12/h3-8,10H,1-2H3. The second-order valence-electron chi connectivity index (χ2n) is 3.25. The van der Waals surface area contributed by atoms with Crippen molar-refractivity contribution in [2.24, 2.45) is 0 Å². The van der Waals surface area contributed by atoms with E-state index in [0.29, 0.717) is 0 Å². The van der Waals surface area contributed by atoms with E-state index >= 15 is 0 Å². The van der Waals surface area contributed by atoms with Crippen LogP contribution >= 0.6 is 23.4 Å². The second kappa shape index (κ2) is 5.99. The lowest BCUT2D eigenvalue weighted by atomic mass is 10.3. The first-order valence-corrected chi connectivity index (χ1v) is 5.94. The van der Waals surface area contributed by atoms with Gasteiger partial charge in [0.1, 0.15) is 0 Å². The smallest absolute Gasteiger partial charge is 0.152 e. The van der Waals surface area contributed by atoms with Crippen molar-refractivity contribution in [3.63, 3.8) is 0 Å². The highest BCUT2D eigenvalue weighted by atomic mass is 35.5. The highest BCUT2D eigenvalue weighted by Crippen LogP contribution is 2.25. The molecule has 0 heterocycles. The van der Waals surface area contributed by atoms with E-state index in [2.05, 4.69) is 6.92 Å². The Kier molecular flexibility index (Phi) is 4.92. The van der Waals surface area contributed by atoms with Gasteiger partial charge in [0.25, 0.3) is 0 Å². The van der Waals surface area contributed by atoms with E-state index in [1.54, 1.807) is 24.8 Å². The van der Waals surface area contributed by atoms with Gasteiger partial charge in [-0.2, -0.15) is 0 Å². The molecule has 80 valence electrons. The molecule has 1 unspecified atom stereocenters. The average Bonchev–Trinajstić information content (AvgIpc) is 2.19. The fourth-order valence-corrected chi connectivity index (χ4v) is 2.04. The van der Waals surface area contributed by atoms with Gasteiger partial charge >= 0.3 is 0 Å². The van der Waals surface area contributed by atoms with E-state index < -0.39 is 0 Å². The van der Waals surface area contributed by atoms with E-state index in [1.807, 2.05) is 30.3 Å². The molecular weight excluding hydrogens is 228 g/mol. The molecule has 0 aliphatic heterocycles. The Morgan fingerprint density at radius 2 is 2.00 bits per heavy atom. The molecule has 1 rings (SSSR count). The highest BCUT2D eigenvalue weighted by Gasteiger charge is 2.00. The number of benzene rings is 1. The molecule has 1 aromatic carbocycles. The molecule has 0 aromatic heterocycles. The number of hydrogen-bond donors (Lipinski definition) is 0. The normalized spacial score (nSPS) is 13.0. The van der Waals surface area contributed by atoms with Crippen molar-refractivity contribution < 1.29 is 4.79 Å². The van der Waals surface area contributed by atoms with Crippen LogP contribution in [0.4, 0.5) is 0 Å². The molecule has 0 aliphatic rings. The number of hydrogen-bond acceptors (Lipinski definition) is 2. The summed E-state index contributed by atoms with van der Waals surface area (Å²) in [7, 11) is 0. The summed E-state index contributed by atoms with van der Waals surface area (Å²) in [4.78, 5) is 11.9. The summed E-state index contributed by atoms with van der Waals surface area (Å²) in [6.45, 7) is 3.61. The zero-order valence-electron chi connectivity index (χ0n) is 8.74. The van der Waals surface area contributed by atoms with Crippen LogP contribution in [-0.2, 0) is 4.79 Å². The molecule has 0 fully saturated rings. The quantitative estimate of drug-likeness (QED) is 0.585. The SMILES string of the molecule is CC(=O)C=CC(C)Sc1ccc(Cl)cc1. The van der Waals surface area contributed by atoms with Crippen LogP contribution in [0.5, 0.6) is 0 Å². The van der Waals surface area contributed by atoms with E-state index in [-0.39, 0.29) is 11.0 Å². The molecule has 0 saturated heterocycles. The maximum Gasteiger partial charge on any atom is 0.152 e. The molecular formula is C12H13ClOS. The van der Waals surface area contributed by atoms with Crippen molar-refractivity contribution in [1.82, 2.24) is 0 Å². The van der Waals surface area contributed by atoms with Crippen LogP contribution in [0.25, 0.3) is 0 Å². The predicted octanol–water partition coefficient (Wildman–Crippen LogP) is 3.97. The van der Waals surface area contributed by atoms with Crippen LogP contribution < -0.4 is 0 Å². The van der Waals surface area contributed by atoms with Gasteiger partial charge in [-0.15, -0.1) is 11.8 Å². The Labute approximate surface area is 99.5 Å². The van der Waals surface area contributed by atoms with Crippen LogP contribution in [0.1, 0.15) is 13.8 Å². The highest BCUT2D eigenvalue weighted by molar-refractivity contribution is 8.00. The minimum atomic E-state index is 0.0820. The molecule has 1 nitrogen and oxygen atoms in total. The molecule has 0 amide bonds. The number of carbonyl (C=O) groups is 1. The van der Waals surface area contributed by atoms with Crippen molar-refractivity contribution in [2.45, 2.75) is 24.0 Å². The van der Waals surface area contributed by atoms with E-state index in [1.165, 1.54) is 0 Å². The fraction of sp³-hybridized carbons (Fsp3) is 0.250. The van der Waals surface area contributed by atoms with Gasteiger partial charge in [0.15, 0.2) is 5.78 Å². The third kappa shape index (κ3) is 5.05. The van der Waals surface area contributed by atoms with Gasteiger partial charge in [-0.25, -0.2) is 0 Å². The zero-order valence-corrected chi connectivity index (χ0v) is 10.3. The van der Waals surface area contributed by atoms with Crippen LogP contribution in [0.3, 0.4) is 0 Å². The molecule has 0 radical (unpaired) electrons. The van der Waals surface area contributed by atoms with Gasteiger partial charge in [-0.05, 0) is 44.2 Å². The summed E-state index contributed by atoms with van der Waals surface area (Å²) < 4.78 is 0. The Morgan fingerprint density at radius 3 is 2.53 bits per heavy atom. The van der Waals surface area contributed by atoms with Crippen molar-refractivity contribution in [1.29, 1.82) is 0 Å². The van der Waals surface area contributed by atoms with Gasteiger partial charge < -0.3 is 0 Å². The first kappa shape index (κ1) is 12.3. The summed E-state index contributed by atoms with van der Waals surface area (Å²) in [5, 5.41) is 1.03. The maximum absolute atomic E-state index is 10.7. The minimum Gasteiger partial charge on any atom is -0.295 e. The van der Waals surface area contributed by atoms with Crippen molar-refractivity contribution in [2.75, 3.05) is 0 Å². The van der Waals surface area contributed by atoms with Crippen LogP contribution in [0.2, 0.25) is 5.02 Å². The van der Waals surface area contributed by atoms with Gasteiger partial charge in [-0.1, -0.05) is 17.7 Å². The third-order valence-corrected chi connectivity index (χ3v) is 3.06. The Hall–Kier alpha value is -0.730. The minimum absolute atomic E-state index is 0.0820. The average molecular weight is 241 g/mol. The molecule has 0 bridgehead atoms.